The van der Waals surface area contributed by atoms with Crippen LogP contribution in [-0.4, -0.2) is 54.0 Å². The molecule has 0 unspecified atom stereocenters. The molecule has 2 heterocycles. The van der Waals surface area contributed by atoms with Crippen LogP contribution in [0.15, 0.2) is 17.1 Å². The first-order chi connectivity index (χ1) is 15.3. The van der Waals surface area contributed by atoms with E-state index in [9.17, 15) is 15.2 Å². The molecule has 0 aromatic carbocycles. The number of aliphatic hydroxyl groups excluding tert-OH is 1. The molecule has 0 saturated carbocycles. The van der Waals surface area contributed by atoms with Crippen LogP contribution in [0.4, 0.5) is 5.82 Å². The maximum atomic E-state index is 12.3. The van der Waals surface area contributed by atoms with Crippen LogP contribution in [-0.2, 0) is 13.9 Å². The van der Waals surface area contributed by atoms with E-state index in [4.69, 9.17) is 19.6 Å². The van der Waals surface area contributed by atoms with Crippen molar-refractivity contribution in [1.29, 1.82) is 5.26 Å². The second kappa shape index (κ2) is 11.1. The second-order valence-electron chi connectivity index (χ2n) is 10.4. The molecule has 186 valence electrons. The van der Waals surface area contributed by atoms with E-state index in [-0.39, 0.29) is 18.0 Å². The lowest BCUT2D eigenvalue weighted by Crippen LogP contribution is -2.47. The highest BCUT2D eigenvalue weighted by Gasteiger charge is 2.48. The second-order valence-corrected chi connectivity index (χ2v) is 15.4. The predicted molar refractivity (Wildman–Crippen MR) is 129 cm³/mol. The third-order valence-electron chi connectivity index (χ3n) is 6.36. The number of nitriles is 1. The maximum absolute atomic E-state index is 12.3. The Hall–Kier alpha value is -1.77. The van der Waals surface area contributed by atoms with Gasteiger partial charge in [-0.1, -0.05) is 27.7 Å². The third kappa shape index (κ3) is 6.64. The highest BCUT2D eigenvalue weighted by Crippen LogP contribution is 2.40. The standard InChI is InChI=1S/C23H40N4O5Si/c1-15(2)33(16(3)4,12-8-11-30-23(5,6)7)31-14-18-20(28)17(13-24)21(32-18)27-10-9-19(25)26-22(27)29/h9-10,15-18,20-21,28H,8,11-12,14H2,1-7H3,(H2,25,26,29)/t17-,18+,20-,21+/m0/s1. The van der Waals surface area contributed by atoms with Crippen molar-refractivity contribution in [3.05, 3.63) is 22.7 Å². The summed E-state index contributed by atoms with van der Waals surface area (Å²) >= 11 is 0. The van der Waals surface area contributed by atoms with Gasteiger partial charge in [0.05, 0.1) is 18.3 Å². The van der Waals surface area contributed by atoms with Crippen molar-refractivity contribution in [2.24, 2.45) is 5.92 Å². The van der Waals surface area contributed by atoms with Gasteiger partial charge in [-0.15, -0.1) is 0 Å². The van der Waals surface area contributed by atoms with Crippen molar-refractivity contribution in [2.45, 2.75) is 96.1 Å². The number of ether oxygens (including phenoxy) is 2. The molecule has 0 bridgehead atoms. The number of nitrogens with two attached hydrogens (primary N) is 1. The van der Waals surface area contributed by atoms with E-state index in [0.29, 0.717) is 17.7 Å². The van der Waals surface area contributed by atoms with Gasteiger partial charge >= 0.3 is 5.69 Å². The van der Waals surface area contributed by atoms with Gasteiger partial charge in [0.2, 0.25) is 0 Å². The lowest BCUT2D eigenvalue weighted by molar-refractivity contribution is -0.0449. The Labute approximate surface area is 198 Å². The molecule has 0 radical (unpaired) electrons. The van der Waals surface area contributed by atoms with Gasteiger partial charge in [0.1, 0.15) is 23.9 Å². The summed E-state index contributed by atoms with van der Waals surface area (Å²) < 4.78 is 19.7. The van der Waals surface area contributed by atoms with Gasteiger partial charge in [0.25, 0.3) is 0 Å². The maximum Gasteiger partial charge on any atom is 0.351 e. The lowest BCUT2D eigenvalue weighted by atomic mass is 10.0. The monoisotopic (exact) mass is 480 g/mol. The van der Waals surface area contributed by atoms with E-state index in [2.05, 4.69) is 38.7 Å². The van der Waals surface area contributed by atoms with Crippen LogP contribution in [0.2, 0.25) is 17.1 Å². The van der Waals surface area contributed by atoms with Gasteiger partial charge in [-0.2, -0.15) is 10.2 Å². The van der Waals surface area contributed by atoms with Crippen molar-refractivity contribution in [2.75, 3.05) is 18.9 Å². The SMILES string of the molecule is CC(C)[Si](CCCOC(C)(C)C)(OC[C@H]1O[C@@H](n2ccc(N)nc2=O)[C@@H](C#N)[C@@H]1O)C(C)C. The fourth-order valence-corrected chi connectivity index (χ4v) is 8.96. The molecule has 2 rings (SSSR count). The number of hydrogen-bond donors (Lipinski definition) is 2. The van der Waals surface area contributed by atoms with Crippen molar-refractivity contribution in [1.82, 2.24) is 9.55 Å². The molecule has 1 aliphatic rings. The summed E-state index contributed by atoms with van der Waals surface area (Å²) in [6.07, 6.45) is -0.428. The number of hydrogen-bond acceptors (Lipinski definition) is 8. The lowest BCUT2D eigenvalue weighted by Gasteiger charge is -2.40. The van der Waals surface area contributed by atoms with E-state index >= 15 is 0 Å². The first-order valence-electron chi connectivity index (χ1n) is 11.7. The van der Waals surface area contributed by atoms with Gasteiger partial charge in [0, 0.05) is 12.8 Å². The Morgan fingerprint density at radius 1 is 1.33 bits per heavy atom. The Balaban J connectivity index is 2.15. The molecule has 0 spiro atoms. The summed E-state index contributed by atoms with van der Waals surface area (Å²) in [6.45, 7) is 15.7. The number of nitrogen functional groups attached to an aromatic ring is 1. The van der Waals surface area contributed by atoms with E-state index in [1.807, 2.05) is 20.8 Å². The van der Waals surface area contributed by atoms with Gasteiger partial charge in [-0.3, -0.25) is 4.57 Å². The molecule has 0 amide bonds. The van der Waals surface area contributed by atoms with Gasteiger partial charge in [-0.05, 0) is 50.4 Å². The third-order valence-corrected chi connectivity index (χ3v) is 12.1. The fraction of sp³-hybridized carbons (Fsp3) is 0.783. The van der Waals surface area contributed by atoms with E-state index in [0.717, 1.165) is 12.5 Å². The summed E-state index contributed by atoms with van der Waals surface area (Å²) in [5.41, 5.74) is 5.45. The predicted octanol–water partition coefficient (Wildman–Crippen LogP) is 3.21. The van der Waals surface area contributed by atoms with Crippen LogP contribution >= 0.6 is 0 Å². The number of aromatic nitrogens is 2. The average molecular weight is 481 g/mol. The van der Waals surface area contributed by atoms with E-state index in [1.54, 1.807) is 0 Å². The number of rotatable bonds is 10. The van der Waals surface area contributed by atoms with Crippen LogP contribution < -0.4 is 11.4 Å². The highest BCUT2D eigenvalue weighted by molar-refractivity contribution is 6.76. The molecule has 1 aliphatic heterocycles. The summed E-state index contributed by atoms with van der Waals surface area (Å²) in [4.78, 5) is 16.0. The molecule has 0 aliphatic carbocycles. The van der Waals surface area contributed by atoms with Gasteiger partial charge in [-0.25, -0.2) is 4.79 Å². The van der Waals surface area contributed by atoms with Gasteiger partial charge in [0.15, 0.2) is 14.5 Å². The van der Waals surface area contributed by atoms with E-state index < -0.39 is 38.4 Å². The average Bonchev–Trinajstić information content (AvgIpc) is 3.01. The smallest absolute Gasteiger partial charge is 0.351 e. The number of anilines is 1. The normalized spacial score (nSPS) is 23.9. The van der Waals surface area contributed by atoms with Crippen molar-refractivity contribution >= 4 is 14.1 Å². The molecular formula is C23H40N4O5Si. The van der Waals surface area contributed by atoms with Crippen LogP contribution in [0.1, 0.15) is 61.1 Å². The molecule has 1 saturated heterocycles. The molecule has 33 heavy (non-hydrogen) atoms. The Kier molecular flexibility index (Phi) is 9.24. The zero-order chi connectivity index (χ0) is 25.0. The Bertz CT molecular complexity index is 869. The van der Waals surface area contributed by atoms with Crippen molar-refractivity contribution in [3.63, 3.8) is 0 Å². The highest BCUT2D eigenvalue weighted by atomic mass is 28.4. The minimum atomic E-state index is -2.25. The molecule has 4 atom stereocenters. The molecule has 1 aromatic rings. The number of nitrogens with zero attached hydrogens (tertiary/aromatic N) is 3. The summed E-state index contributed by atoms with van der Waals surface area (Å²) in [7, 11) is -2.25. The molecule has 3 N–H and O–H groups in total. The summed E-state index contributed by atoms with van der Waals surface area (Å²) in [6, 6.07) is 4.47. The van der Waals surface area contributed by atoms with E-state index in [1.165, 1.54) is 16.8 Å². The van der Waals surface area contributed by atoms with Crippen LogP contribution in [0.25, 0.3) is 0 Å². The molecular weight excluding hydrogens is 440 g/mol. The first kappa shape index (κ1) is 27.5. The molecule has 9 nitrogen and oxygen atoms in total. The minimum absolute atomic E-state index is 0.0864. The summed E-state index contributed by atoms with van der Waals surface area (Å²) in [5, 5.41) is 20.5. The number of aliphatic hydroxyl groups is 1. The molecule has 10 heteroatoms. The largest absolute Gasteiger partial charge is 0.414 e. The first-order valence-corrected chi connectivity index (χ1v) is 13.9. The molecule has 1 fully saturated rings. The Morgan fingerprint density at radius 3 is 2.48 bits per heavy atom. The van der Waals surface area contributed by atoms with Crippen LogP contribution in [0.3, 0.4) is 0 Å². The van der Waals surface area contributed by atoms with Crippen molar-refractivity contribution < 1.29 is 19.0 Å². The summed E-state index contributed by atoms with van der Waals surface area (Å²) in [5.74, 6) is -0.834. The quantitative estimate of drug-likeness (QED) is 0.385. The fourth-order valence-electron chi connectivity index (χ4n) is 4.49. The zero-order valence-corrected chi connectivity index (χ0v) is 21.9. The van der Waals surface area contributed by atoms with Crippen LogP contribution in [0, 0.1) is 17.2 Å². The Morgan fingerprint density at radius 2 is 1.97 bits per heavy atom. The van der Waals surface area contributed by atoms with Crippen LogP contribution in [0.5, 0.6) is 0 Å². The van der Waals surface area contributed by atoms with Gasteiger partial charge < -0.3 is 24.7 Å². The molecule has 1 aromatic heterocycles. The topological polar surface area (TPSA) is 133 Å². The van der Waals surface area contributed by atoms with Crippen molar-refractivity contribution in [3.8, 4) is 6.07 Å². The zero-order valence-electron chi connectivity index (χ0n) is 20.9. The minimum Gasteiger partial charge on any atom is -0.414 e.